The average Bonchev–Trinajstić information content (AvgIpc) is 3.04. The van der Waals surface area contributed by atoms with Gasteiger partial charge in [0.25, 0.3) is 11.8 Å². The zero-order valence-corrected chi connectivity index (χ0v) is 18.2. The number of nitrogens with one attached hydrogen (secondary N) is 1. The molecule has 9 heteroatoms. The van der Waals surface area contributed by atoms with Crippen LogP contribution in [0.1, 0.15) is 52.8 Å². The lowest BCUT2D eigenvalue weighted by molar-refractivity contribution is -0.125. The second-order valence-electron chi connectivity index (χ2n) is 8.02. The third-order valence-electron chi connectivity index (χ3n) is 5.59. The highest BCUT2D eigenvalue weighted by Gasteiger charge is 2.44. The molecule has 2 aliphatic heterocycles. The molecule has 1 atom stereocenters. The lowest BCUT2D eigenvalue weighted by atomic mass is 10.0. The maximum atomic E-state index is 12.9. The van der Waals surface area contributed by atoms with Gasteiger partial charge in [0.15, 0.2) is 0 Å². The van der Waals surface area contributed by atoms with Crippen molar-refractivity contribution in [1.82, 2.24) is 15.2 Å². The predicted octanol–water partition coefficient (Wildman–Crippen LogP) is 2.68. The average molecular weight is 450 g/mol. The third-order valence-corrected chi connectivity index (χ3v) is 5.59. The zero-order chi connectivity index (χ0) is 23.4. The number of carbonyl (C=O) groups is 3. The van der Waals surface area contributed by atoms with E-state index in [-0.39, 0.29) is 17.0 Å². The molecule has 0 saturated carbocycles. The molecule has 3 amide bonds. The number of allylic oxidation sites excluding steroid dienone is 1. The number of anilines is 1. The number of aromatic nitrogens is 1. The van der Waals surface area contributed by atoms with Crippen LogP contribution >= 0.6 is 0 Å². The minimum absolute atomic E-state index is 0.263. The number of rotatable bonds is 9. The lowest BCUT2D eigenvalue weighted by Crippen LogP contribution is -2.51. The Bertz CT molecular complexity index is 1080. The Labute approximate surface area is 191 Å². The normalized spacial score (nSPS) is 17.7. The Morgan fingerprint density at radius 2 is 1.79 bits per heavy atom. The first-order chi connectivity index (χ1) is 15.9. The molecular weight excluding hydrogens is 424 g/mol. The van der Waals surface area contributed by atoms with E-state index in [0.717, 1.165) is 24.2 Å². The zero-order valence-electron chi connectivity index (χ0n) is 18.2. The lowest BCUT2D eigenvalue weighted by Gasteiger charge is -2.29. The van der Waals surface area contributed by atoms with Crippen molar-refractivity contribution in [2.24, 2.45) is 0 Å². The second-order valence-corrected chi connectivity index (χ2v) is 8.02. The van der Waals surface area contributed by atoms with E-state index in [2.05, 4.69) is 16.9 Å². The van der Waals surface area contributed by atoms with Crippen molar-refractivity contribution in [2.45, 2.75) is 38.1 Å². The topological polar surface area (TPSA) is 124 Å². The van der Waals surface area contributed by atoms with Gasteiger partial charge in [0, 0.05) is 11.8 Å². The van der Waals surface area contributed by atoms with Crippen LogP contribution in [0.3, 0.4) is 0 Å². The molecule has 2 aliphatic rings. The Kier molecular flexibility index (Phi) is 6.58. The quantitative estimate of drug-likeness (QED) is 0.445. The Balaban J connectivity index is 1.25. The summed E-state index contributed by atoms with van der Waals surface area (Å²) in [6, 6.07) is 7.48. The van der Waals surface area contributed by atoms with Crippen LogP contribution in [-0.2, 0) is 4.79 Å². The minimum atomic E-state index is -0.821. The highest BCUT2D eigenvalue weighted by Crippen LogP contribution is 2.30. The van der Waals surface area contributed by atoms with Crippen molar-refractivity contribution in [3.8, 4) is 11.6 Å². The van der Waals surface area contributed by atoms with E-state index in [4.69, 9.17) is 15.2 Å². The molecule has 1 fully saturated rings. The van der Waals surface area contributed by atoms with Gasteiger partial charge >= 0.3 is 0 Å². The van der Waals surface area contributed by atoms with E-state index in [1.54, 1.807) is 36.5 Å². The van der Waals surface area contributed by atoms with Crippen molar-refractivity contribution in [1.29, 1.82) is 0 Å². The first-order valence-corrected chi connectivity index (χ1v) is 10.9. The summed E-state index contributed by atoms with van der Waals surface area (Å²) >= 11 is 0. The number of fused-ring (bicyclic) bond motifs is 1. The number of benzene rings is 1. The Hall–Kier alpha value is -3.88. The number of carbonyl (C=O) groups excluding carboxylic acids is 3. The molecule has 0 spiro atoms. The number of piperidine rings is 1. The molecule has 172 valence electrons. The van der Waals surface area contributed by atoms with Crippen molar-refractivity contribution in [3.05, 3.63) is 59.9 Å². The number of nitrogens with two attached hydrogens (primary N) is 1. The van der Waals surface area contributed by atoms with E-state index in [0.29, 0.717) is 49.1 Å². The molecule has 0 radical (unpaired) electrons. The van der Waals surface area contributed by atoms with Gasteiger partial charge in [-0.2, -0.15) is 0 Å². The van der Waals surface area contributed by atoms with Crippen LogP contribution < -0.4 is 20.5 Å². The summed E-state index contributed by atoms with van der Waals surface area (Å²) in [6.45, 7) is 4.75. The number of unbranched alkanes of at least 4 members (excludes halogenated alkanes) is 2. The summed E-state index contributed by atoms with van der Waals surface area (Å²) in [6.07, 6.45) is 5.00. The van der Waals surface area contributed by atoms with E-state index >= 15 is 0 Å². The Morgan fingerprint density at radius 1 is 1.03 bits per heavy atom. The third kappa shape index (κ3) is 4.97. The van der Waals surface area contributed by atoms with Gasteiger partial charge in [-0.05, 0) is 56.4 Å². The van der Waals surface area contributed by atoms with Crippen LogP contribution in [0.4, 0.5) is 5.69 Å². The number of hydrogen-bond acceptors (Lipinski definition) is 7. The van der Waals surface area contributed by atoms with Crippen molar-refractivity contribution in [2.75, 3.05) is 18.9 Å². The predicted molar refractivity (Wildman–Crippen MR) is 121 cm³/mol. The number of ether oxygens (including phenoxy) is 2. The molecule has 4 rings (SSSR count). The second kappa shape index (κ2) is 9.72. The molecule has 0 aliphatic carbocycles. The molecule has 3 N–H and O–H groups in total. The molecule has 0 bridgehead atoms. The Morgan fingerprint density at radius 3 is 2.52 bits per heavy atom. The van der Waals surface area contributed by atoms with Crippen LogP contribution in [0.5, 0.6) is 11.6 Å². The van der Waals surface area contributed by atoms with Crippen LogP contribution in [-0.4, -0.2) is 46.9 Å². The first kappa shape index (κ1) is 22.3. The number of amides is 3. The van der Waals surface area contributed by atoms with E-state index < -0.39 is 17.9 Å². The fourth-order valence-corrected chi connectivity index (χ4v) is 3.84. The van der Waals surface area contributed by atoms with Gasteiger partial charge in [0.2, 0.25) is 11.8 Å². The summed E-state index contributed by atoms with van der Waals surface area (Å²) in [5.74, 6) is -0.247. The van der Waals surface area contributed by atoms with E-state index in [1.807, 2.05) is 0 Å². The molecule has 3 heterocycles. The van der Waals surface area contributed by atoms with Crippen LogP contribution in [0, 0.1) is 0 Å². The first-order valence-electron chi connectivity index (χ1n) is 10.9. The van der Waals surface area contributed by atoms with Gasteiger partial charge in [0.05, 0.1) is 36.2 Å². The highest BCUT2D eigenvalue weighted by atomic mass is 16.5. The highest BCUT2D eigenvalue weighted by molar-refractivity contribution is 6.23. The number of pyridine rings is 1. The monoisotopic (exact) mass is 450 g/mol. The van der Waals surface area contributed by atoms with Crippen molar-refractivity contribution < 1.29 is 23.9 Å². The number of imide groups is 1. The number of hydrogen-bond donors (Lipinski definition) is 2. The van der Waals surface area contributed by atoms with E-state index in [1.165, 1.54) is 0 Å². The van der Waals surface area contributed by atoms with Gasteiger partial charge in [-0.15, -0.1) is 0 Å². The fourth-order valence-electron chi connectivity index (χ4n) is 3.84. The maximum absolute atomic E-state index is 12.9. The molecule has 2 aromatic rings. The van der Waals surface area contributed by atoms with Crippen LogP contribution in [0.2, 0.25) is 0 Å². The summed E-state index contributed by atoms with van der Waals surface area (Å²) < 4.78 is 11.3. The minimum Gasteiger partial charge on any atom is -0.494 e. The molecule has 9 nitrogen and oxygen atoms in total. The maximum Gasteiger partial charge on any atom is 0.262 e. The molecule has 1 unspecified atom stereocenters. The molecule has 33 heavy (non-hydrogen) atoms. The van der Waals surface area contributed by atoms with Gasteiger partial charge in [-0.1, -0.05) is 6.58 Å². The summed E-state index contributed by atoms with van der Waals surface area (Å²) in [5, 5.41) is 2.62. The van der Waals surface area contributed by atoms with Gasteiger partial charge in [-0.25, -0.2) is 4.98 Å². The molecule has 1 saturated heterocycles. The SMILES string of the molecule is C=C1CCC(N2C(=O)c3ccc(OCCCCCOc4ccc(N)cn4)cc3C2=O)C(=O)N1. The van der Waals surface area contributed by atoms with Gasteiger partial charge in [0.1, 0.15) is 11.8 Å². The summed E-state index contributed by atoms with van der Waals surface area (Å²) in [7, 11) is 0. The van der Waals surface area contributed by atoms with Crippen molar-refractivity contribution >= 4 is 23.4 Å². The summed E-state index contributed by atoms with van der Waals surface area (Å²) in [5.41, 5.74) is 7.33. The van der Waals surface area contributed by atoms with E-state index in [9.17, 15) is 14.4 Å². The number of nitrogens with zero attached hydrogens (tertiary/aromatic N) is 2. The fraction of sp³-hybridized carbons (Fsp3) is 0.333. The smallest absolute Gasteiger partial charge is 0.262 e. The largest absolute Gasteiger partial charge is 0.494 e. The molecule has 1 aromatic heterocycles. The van der Waals surface area contributed by atoms with Crippen LogP contribution in [0.25, 0.3) is 0 Å². The standard InChI is InChI=1S/C24H26N4O5/c1-15-5-9-20(22(29)27-15)28-23(30)18-8-7-17(13-19(18)24(28)31)32-11-3-2-4-12-33-21-10-6-16(25)14-26-21/h6-8,10,13-14,20H,1-5,9,11-12,25H2,(H,27,29). The molecular formula is C24H26N4O5. The van der Waals surface area contributed by atoms with Crippen molar-refractivity contribution in [3.63, 3.8) is 0 Å². The summed E-state index contributed by atoms with van der Waals surface area (Å²) in [4.78, 5) is 43.1. The van der Waals surface area contributed by atoms with Gasteiger partial charge < -0.3 is 20.5 Å². The molecule has 1 aromatic carbocycles. The van der Waals surface area contributed by atoms with Gasteiger partial charge in [-0.3, -0.25) is 19.3 Å². The van der Waals surface area contributed by atoms with Crippen LogP contribution in [0.15, 0.2) is 48.8 Å². The number of nitrogen functional groups attached to an aromatic ring is 1.